The van der Waals surface area contributed by atoms with E-state index < -0.39 is 11.3 Å². The Morgan fingerprint density at radius 1 is 1.16 bits per heavy atom. The lowest BCUT2D eigenvalue weighted by Crippen LogP contribution is -2.41. The molecule has 5 heteroatoms. The van der Waals surface area contributed by atoms with Gasteiger partial charge < -0.3 is 14.4 Å². The molecule has 5 nitrogen and oxygen atoms in total. The van der Waals surface area contributed by atoms with Crippen LogP contribution in [0.25, 0.3) is 0 Å². The molecule has 0 saturated carbocycles. The zero-order valence-electron chi connectivity index (χ0n) is 20.0. The monoisotopic (exact) mass is 429 g/mol. The van der Waals surface area contributed by atoms with Crippen molar-refractivity contribution < 1.29 is 19.1 Å². The number of nitrogens with zero attached hydrogens (tertiary/aromatic N) is 1. The van der Waals surface area contributed by atoms with Crippen LogP contribution in [0, 0.1) is 11.3 Å². The lowest BCUT2D eigenvalue weighted by atomic mass is 9.69. The molecule has 0 bridgehead atoms. The average Bonchev–Trinajstić information content (AvgIpc) is 2.87. The molecule has 0 unspecified atom stereocenters. The Morgan fingerprint density at radius 3 is 2.55 bits per heavy atom. The van der Waals surface area contributed by atoms with Crippen LogP contribution in [0.1, 0.15) is 86.0 Å². The molecule has 0 aromatic rings. The molecule has 1 amide bonds. The first-order valence-corrected chi connectivity index (χ1v) is 11.7. The number of carbonyl (C=O) groups is 3. The predicted molar refractivity (Wildman–Crippen MR) is 123 cm³/mol. The summed E-state index contributed by atoms with van der Waals surface area (Å²) >= 11 is 0. The second-order valence-corrected chi connectivity index (χ2v) is 9.16. The van der Waals surface area contributed by atoms with E-state index in [0.717, 1.165) is 44.2 Å². The van der Waals surface area contributed by atoms with E-state index >= 15 is 0 Å². The van der Waals surface area contributed by atoms with E-state index in [0.29, 0.717) is 13.0 Å². The second-order valence-electron chi connectivity index (χ2n) is 9.16. The van der Waals surface area contributed by atoms with Crippen LogP contribution in [-0.2, 0) is 19.1 Å². The highest BCUT2D eigenvalue weighted by Crippen LogP contribution is 2.52. The molecule has 31 heavy (non-hydrogen) atoms. The molecule has 2 atom stereocenters. The van der Waals surface area contributed by atoms with Crippen molar-refractivity contribution in [3.63, 3.8) is 0 Å². The summed E-state index contributed by atoms with van der Waals surface area (Å²) in [5.74, 6) is -1.22. The summed E-state index contributed by atoms with van der Waals surface area (Å²) in [6.07, 6.45) is 12.6. The van der Waals surface area contributed by atoms with Gasteiger partial charge in [0.2, 0.25) is 5.91 Å². The number of amides is 1. The van der Waals surface area contributed by atoms with Gasteiger partial charge in [0.1, 0.15) is 11.2 Å². The molecular formula is C26H39NO4. The maximum Gasteiger partial charge on any atom is 0.318 e. The van der Waals surface area contributed by atoms with Crippen LogP contribution in [-0.4, -0.2) is 35.7 Å². The van der Waals surface area contributed by atoms with Gasteiger partial charge in [-0.15, -0.1) is 0 Å². The number of fused-ring (bicyclic) bond motifs is 1. The molecule has 2 rings (SSSR count). The quantitative estimate of drug-likeness (QED) is 0.358. The number of ketones is 1. The maximum atomic E-state index is 13.5. The molecule has 1 aliphatic heterocycles. The van der Waals surface area contributed by atoms with Crippen LogP contribution < -0.4 is 0 Å². The Kier molecular flexibility index (Phi) is 9.27. The molecule has 172 valence electrons. The third-order valence-electron chi connectivity index (χ3n) is 6.36. The summed E-state index contributed by atoms with van der Waals surface area (Å²) < 4.78 is 5.50. The number of allylic oxidation sites excluding steroid dienone is 4. The van der Waals surface area contributed by atoms with Crippen molar-refractivity contribution in [2.24, 2.45) is 11.3 Å². The van der Waals surface area contributed by atoms with Crippen molar-refractivity contribution in [3.8, 4) is 0 Å². The number of carbonyl (C=O) groups excluding carboxylic acids is 3. The standard InChI is InChI=1S/C26H39NO4/c1-6-31-25(30)26-16-10-8-7-9-14-23(26)27(24(29)22(26)18-21(5)28)17-15-20(4)13-11-12-19(2)3/h12,14-15,22H,6-11,13,16-18H2,1-5H3/b20-15+,23-14?/t22-,26-/m1/s1. The number of rotatable bonds is 9. The maximum absolute atomic E-state index is 13.5. The van der Waals surface area contributed by atoms with Gasteiger partial charge >= 0.3 is 5.97 Å². The van der Waals surface area contributed by atoms with Crippen molar-refractivity contribution in [3.05, 3.63) is 35.1 Å². The lowest BCUT2D eigenvalue weighted by molar-refractivity contribution is -0.157. The van der Waals surface area contributed by atoms with E-state index in [2.05, 4.69) is 39.0 Å². The van der Waals surface area contributed by atoms with Gasteiger partial charge in [-0.1, -0.05) is 42.2 Å². The molecule has 0 aromatic carbocycles. The third kappa shape index (κ3) is 5.96. The normalized spacial score (nSPS) is 24.1. The number of Topliss-reactive ketones (excluding diaryl/α,β-unsaturated/α-hetero) is 1. The number of esters is 1. The van der Waals surface area contributed by atoms with Crippen LogP contribution in [0.5, 0.6) is 0 Å². The molecule has 0 spiro atoms. The zero-order valence-corrected chi connectivity index (χ0v) is 20.0. The summed E-state index contributed by atoms with van der Waals surface area (Å²) in [6, 6.07) is 0. The summed E-state index contributed by atoms with van der Waals surface area (Å²) in [4.78, 5) is 40.7. The fraction of sp³-hybridized carbons (Fsp3) is 0.654. The van der Waals surface area contributed by atoms with Crippen LogP contribution in [0.4, 0.5) is 0 Å². The average molecular weight is 430 g/mol. The molecule has 1 fully saturated rings. The highest BCUT2D eigenvalue weighted by Gasteiger charge is 2.60. The highest BCUT2D eigenvalue weighted by molar-refractivity contribution is 5.98. The van der Waals surface area contributed by atoms with Gasteiger partial charge in [-0.25, -0.2) is 0 Å². The van der Waals surface area contributed by atoms with E-state index in [1.807, 2.05) is 0 Å². The predicted octanol–water partition coefficient (Wildman–Crippen LogP) is 5.51. The minimum absolute atomic E-state index is 0.0706. The molecule has 1 aliphatic carbocycles. The Labute approximate surface area is 187 Å². The first-order chi connectivity index (χ1) is 14.7. The number of hydrogen-bond acceptors (Lipinski definition) is 4. The Balaban J connectivity index is 2.42. The van der Waals surface area contributed by atoms with Crippen molar-refractivity contribution in [2.45, 2.75) is 86.0 Å². The van der Waals surface area contributed by atoms with Crippen molar-refractivity contribution >= 4 is 17.7 Å². The minimum Gasteiger partial charge on any atom is -0.465 e. The zero-order chi connectivity index (χ0) is 23.0. The van der Waals surface area contributed by atoms with Crippen LogP contribution >= 0.6 is 0 Å². The van der Waals surface area contributed by atoms with Crippen LogP contribution in [0.15, 0.2) is 35.1 Å². The van der Waals surface area contributed by atoms with Gasteiger partial charge in [-0.05, 0) is 66.7 Å². The summed E-state index contributed by atoms with van der Waals surface area (Å²) in [6.45, 7) is 10.2. The SMILES string of the molecule is CCOC(=O)[C@@]12CCCCCC=C1N(C/C=C(\C)CCC=C(C)C)C(=O)[C@H]2CC(C)=O. The topological polar surface area (TPSA) is 63.7 Å². The highest BCUT2D eigenvalue weighted by atomic mass is 16.5. The fourth-order valence-corrected chi connectivity index (χ4v) is 4.78. The van der Waals surface area contributed by atoms with Crippen LogP contribution in [0.2, 0.25) is 0 Å². The Morgan fingerprint density at radius 2 is 1.90 bits per heavy atom. The van der Waals surface area contributed by atoms with Crippen LogP contribution in [0.3, 0.4) is 0 Å². The summed E-state index contributed by atoms with van der Waals surface area (Å²) in [5.41, 5.74) is 2.24. The number of hydrogen-bond donors (Lipinski definition) is 0. The van der Waals surface area contributed by atoms with E-state index in [-0.39, 0.29) is 30.7 Å². The van der Waals surface area contributed by atoms with Crippen molar-refractivity contribution in [1.82, 2.24) is 4.90 Å². The molecule has 2 aliphatic rings. The molecular weight excluding hydrogens is 390 g/mol. The second kappa shape index (κ2) is 11.4. The fourth-order valence-electron chi connectivity index (χ4n) is 4.78. The van der Waals surface area contributed by atoms with E-state index in [4.69, 9.17) is 4.74 Å². The van der Waals surface area contributed by atoms with Crippen molar-refractivity contribution in [2.75, 3.05) is 13.2 Å². The summed E-state index contributed by atoms with van der Waals surface area (Å²) in [5, 5.41) is 0. The van der Waals surface area contributed by atoms with Gasteiger partial charge in [0.05, 0.1) is 12.5 Å². The Bertz CT molecular complexity index is 772. The smallest absolute Gasteiger partial charge is 0.318 e. The lowest BCUT2D eigenvalue weighted by Gasteiger charge is -2.34. The third-order valence-corrected chi connectivity index (χ3v) is 6.36. The number of ether oxygens (including phenoxy) is 1. The van der Waals surface area contributed by atoms with Crippen molar-refractivity contribution in [1.29, 1.82) is 0 Å². The van der Waals surface area contributed by atoms with Gasteiger partial charge in [-0.3, -0.25) is 9.59 Å². The summed E-state index contributed by atoms with van der Waals surface area (Å²) in [7, 11) is 0. The molecule has 1 heterocycles. The van der Waals surface area contributed by atoms with E-state index in [9.17, 15) is 14.4 Å². The van der Waals surface area contributed by atoms with Gasteiger partial charge in [-0.2, -0.15) is 0 Å². The Hall–Kier alpha value is -2.17. The molecule has 1 saturated heterocycles. The van der Waals surface area contributed by atoms with Gasteiger partial charge in [0.15, 0.2) is 0 Å². The molecule has 0 N–H and O–H groups in total. The number of likely N-dealkylation sites (tertiary alicyclic amines) is 1. The first-order valence-electron chi connectivity index (χ1n) is 11.7. The minimum atomic E-state index is -1.04. The largest absolute Gasteiger partial charge is 0.465 e. The van der Waals surface area contributed by atoms with Gasteiger partial charge in [0, 0.05) is 18.7 Å². The van der Waals surface area contributed by atoms with E-state index in [1.54, 1.807) is 11.8 Å². The van der Waals surface area contributed by atoms with E-state index in [1.165, 1.54) is 18.1 Å². The molecule has 0 aromatic heterocycles. The van der Waals surface area contributed by atoms with Gasteiger partial charge in [0.25, 0.3) is 0 Å². The first kappa shape index (κ1) is 25.1. The molecule has 0 radical (unpaired) electrons.